The predicted molar refractivity (Wildman–Crippen MR) is 139 cm³/mol. The van der Waals surface area contributed by atoms with Crippen molar-refractivity contribution in [2.75, 3.05) is 13.1 Å². The lowest BCUT2D eigenvalue weighted by Gasteiger charge is -2.42. The van der Waals surface area contributed by atoms with Crippen LogP contribution in [0.3, 0.4) is 0 Å². The summed E-state index contributed by atoms with van der Waals surface area (Å²) in [5.41, 5.74) is -3.18. The second-order valence-electron chi connectivity index (χ2n) is 11.3. The van der Waals surface area contributed by atoms with Crippen molar-refractivity contribution in [3.05, 3.63) is 51.3 Å². The fourth-order valence-corrected chi connectivity index (χ4v) is 6.17. The number of alkyl halides is 3. The Bertz CT molecular complexity index is 1260. The van der Waals surface area contributed by atoms with Gasteiger partial charge in [0.05, 0.1) is 45.4 Å². The zero-order valence-electron chi connectivity index (χ0n) is 21.7. The first kappa shape index (κ1) is 29.4. The topological polar surface area (TPSA) is 92.5 Å². The van der Waals surface area contributed by atoms with Crippen molar-refractivity contribution in [1.82, 2.24) is 14.7 Å². The quantitative estimate of drug-likeness (QED) is 0.338. The molecule has 39 heavy (non-hydrogen) atoms. The van der Waals surface area contributed by atoms with E-state index in [1.165, 1.54) is 12.1 Å². The molecule has 0 aliphatic heterocycles. The molecule has 1 amide bonds. The summed E-state index contributed by atoms with van der Waals surface area (Å²) >= 11 is 12.4. The molecule has 0 bridgehead atoms. The predicted octanol–water partition coefficient (Wildman–Crippen LogP) is 6.93. The molecule has 0 spiro atoms. The van der Waals surface area contributed by atoms with Gasteiger partial charge in [-0.05, 0) is 63.0 Å². The van der Waals surface area contributed by atoms with E-state index >= 15 is 0 Å². The molecule has 1 N–H and O–H groups in total. The summed E-state index contributed by atoms with van der Waals surface area (Å²) in [6, 6.07) is 3.81. The summed E-state index contributed by atoms with van der Waals surface area (Å²) in [5, 5.41) is 13.6. The number of Topliss-reactive ketones (excluding diaryl/α,β-unsaturated/α-hetero) is 1. The Kier molecular flexibility index (Phi) is 8.11. The standard InChI is InChI=1S/C27H30Cl2F3N3O4/c1-25(9-4-10-25)15-34(14-20(36)21-18(28)5-3-6-19(21)29)23(37)17-13-33-35(22(17)27(30,31)32)16-7-11-26(2,12-8-16)24(38)39/h3,5-6,13,16H,4,7-12,14-15H2,1-2H3,(H,38,39). The van der Waals surface area contributed by atoms with E-state index in [4.69, 9.17) is 23.2 Å². The van der Waals surface area contributed by atoms with Crippen LogP contribution in [0.5, 0.6) is 0 Å². The molecule has 2 saturated carbocycles. The molecule has 2 aromatic rings. The highest BCUT2D eigenvalue weighted by molar-refractivity contribution is 6.40. The average Bonchev–Trinajstić information content (AvgIpc) is 3.28. The number of amides is 1. The Morgan fingerprint density at radius 2 is 1.69 bits per heavy atom. The van der Waals surface area contributed by atoms with Gasteiger partial charge in [-0.15, -0.1) is 0 Å². The number of carbonyl (C=O) groups excluding carboxylic acids is 2. The van der Waals surface area contributed by atoms with Gasteiger partial charge >= 0.3 is 12.1 Å². The van der Waals surface area contributed by atoms with Crippen LogP contribution in [-0.4, -0.2) is 50.5 Å². The summed E-state index contributed by atoms with van der Waals surface area (Å²) in [6.07, 6.45) is -0.821. The SMILES string of the molecule is CC1(CN(CC(=O)c2c(Cl)cccc2Cl)C(=O)c2cnn(C3CCC(C)(C(=O)O)CC3)c2C(F)(F)F)CCC1. The third-order valence-corrected chi connectivity index (χ3v) is 8.84. The Morgan fingerprint density at radius 1 is 1.10 bits per heavy atom. The number of carbonyl (C=O) groups is 3. The van der Waals surface area contributed by atoms with Gasteiger partial charge in [0.2, 0.25) is 0 Å². The maximum absolute atomic E-state index is 14.4. The Balaban J connectivity index is 1.67. The van der Waals surface area contributed by atoms with E-state index < -0.39 is 53.1 Å². The van der Waals surface area contributed by atoms with E-state index in [9.17, 15) is 32.7 Å². The van der Waals surface area contributed by atoms with Gasteiger partial charge in [-0.1, -0.05) is 42.6 Å². The number of nitrogens with zero attached hydrogens (tertiary/aromatic N) is 3. The monoisotopic (exact) mass is 587 g/mol. The molecule has 4 rings (SSSR count). The van der Waals surface area contributed by atoms with Crippen LogP contribution in [0.2, 0.25) is 10.0 Å². The first-order chi connectivity index (χ1) is 18.2. The highest BCUT2D eigenvalue weighted by Crippen LogP contribution is 2.44. The number of hydrogen-bond donors (Lipinski definition) is 1. The van der Waals surface area contributed by atoms with Crippen LogP contribution in [0.25, 0.3) is 0 Å². The number of aromatic nitrogens is 2. The van der Waals surface area contributed by atoms with Gasteiger partial charge in [-0.2, -0.15) is 18.3 Å². The van der Waals surface area contributed by atoms with Crippen LogP contribution in [0.15, 0.2) is 24.4 Å². The summed E-state index contributed by atoms with van der Waals surface area (Å²) < 4.78 is 44.1. The maximum Gasteiger partial charge on any atom is 0.433 e. The van der Waals surface area contributed by atoms with Crippen LogP contribution in [-0.2, 0) is 11.0 Å². The summed E-state index contributed by atoms with van der Waals surface area (Å²) in [7, 11) is 0. The van der Waals surface area contributed by atoms with Crippen molar-refractivity contribution in [2.45, 2.75) is 71.0 Å². The van der Waals surface area contributed by atoms with Crippen LogP contribution in [0, 0.1) is 10.8 Å². The molecular weight excluding hydrogens is 558 g/mol. The minimum absolute atomic E-state index is 0.00724. The third kappa shape index (κ3) is 5.96. The van der Waals surface area contributed by atoms with Gasteiger partial charge in [0.15, 0.2) is 11.5 Å². The number of benzene rings is 1. The van der Waals surface area contributed by atoms with E-state index in [0.717, 1.165) is 35.0 Å². The molecule has 2 aliphatic carbocycles. The Morgan fingerprint density at radius 3 is 2.18 bits per heavy atom. The average molecular weight is 588 g/mol. The van der Waals surface area contributed by atoms with Crippen LogP contribution < -0.4 is 0 Å². The number of ketones is 1. The number of halogens is 5. The molecule has 1 aromatic heterocycles. The second kappa shape index (κ2) is 10.8. The van der Waals surface area contributed by atoms with E-state index in [1.807, 2.05) is 6.92 Å². The van der Waals surface area contributed by atoms with Gasteiger partial charge in [0.1, 0.15) is 0 Å². The maximum atomic E-state index is 14.4. The smallest absolute Gasteiger partial charge is 0.433 e. The Hall–Kier alpha value is -2.59. The minimum atomic E-state index is -4.91. The lowest BCUT2D eigenvalue weighted by Crippen LogP contribution is -2.46. The largest absolute Gasteiger partial charge is 0.481 e. The summed E-state index contributed by atoms with van der Waals surface area (Å²) in [6.45, 7) is 3.10. The number of rotatable bonds is 8. The van der Waals surface area contributed by atoms with Crippen molar-refractivity contribution in [3.8, 4) is 0 Å². The number of aliphatic carboxylic acids is 1. The van der Waals surface area contributed by atoms with Gasteiger partial charge in [-0.3, -0.25) is 19.1 Å². The van der Waals surface area contributed by atoms with Crippen molar-refractivity contribution >= 4 is 40.9 Å². The molecule has 7 nitrogen and oxygen atoms in total. The summed E-state index contributed by atoms with van der Waals surface area (Å²) in [5.74, 6) is -2.52. The molecule has 1 heterocycles. The third-order valence-electron chi connectivity index (χ3n) is 8.21. The van der Waals surface area contributed by atoms with Gasteiger partial charge in [-0.25, -0.2) is 0 Å². The fourth-order valence-electron chi connectivity index (χ4n) is 5.56. The Labute approximate surface area is 234 Å². The molecule has 0 radical (unpaired) electrons. The number of carboxylic acid groups (broad SMARTS) is 1. The highest BCUT2D eigenvalue weighted by atomic mass is 35.5. The number of hydrogen-bond acceptors (Lipinski definition) is 4. The lowest BCUT2D eigenvalue weighted by atomic mass is 9.70. The van der Waals surface area contributed by atoms with Crippen LogP contribution in [0.1, 0.15) is 91.2 Å². The van der Waals surface area contributed by atoms with Gasteiger partial charge in [0, 0.05) is 6.54 Å². The molecular formula is C27H30Cl2F3N3O4. The van der Waals surface area contributed by atoms with Crippen molar-refractivity contribution in [3.63, 3.8) is 0 Å². The van der Waals surface area contributed by atoms with Gasteiger partial charge < -0.3 is 10.0 Å². The van der Waals surface area contributed by atoms with E-state index in [1.54, 1.807) is 13.0 Å². The van der Waals surface area contributed by atoms with Gasteiger partial charge in [0.25, 0.3) is 5.91 Å². The molecule has 12 heteroatoms. The van der Waals surface area contributed by atoms with Crippen LogP contribution in [0.4, 0.5) is 13.2 Å². The lowest BCUT2D eigenvalue weighted by molar-refractivity contribution is -0.152. The molecule has 2 aliphatic rings. The van der Waals surface area contributed by atoms with Crippen molar-refractivity contribution in [1.29, 1.82) is 0 Å². The van der Waals surface area contributed by atoms with Crippen molar-refractivity contribution in [2.24, 2.45) is 10.8 Å². The molecule has 0 atom stereocenters. The second-order valence-corrected chi connectivity index (χ2v) is 12.1. The zero-order valence-corrected chi connectivity index (χ0v) is 23.2. The molecule has 212 valence electrons. The normalized spacial score (nSPS) is 22.7. The van der Waals surface area contributed by atoms with E-state index in [2.05, 4.69) is 5.10 Å². The summed E-state index contributed by atoms with van der Waals surface area (Å²) in [4.78, 5) is 39.7. The van der Waals surface area contributed by atoms with E-state index in [0.29, 0.717) is 0 Å². The first-order valence-corrected chi connectivity index (χ1v) is 13.6. The van der Waals surface area contributed by atoms with E-state index in [-0.39, 0.29) is 53.3 Å². The molecule has 0 unspecified atom stereocenters. The molecule has 2 fully saturated rings. The molecule has 0 saturated heterocycles. The van der Waals surface area contributed by atoms with Crippen molar-refractivity contribution < 1.29 is 32.7 Å². The minimum Gasteiger partial charge on any atom is -0.481 e. The molecule has 1 aromatic carbocycles. The fraction of sp³-hybridized carbons (Fsp3) is 0.556. The zero-order chi connectivity index (χ0) is 28.8. The first-order valence-electron chi connectivity index (χ1n) is 12.8. The highest BCUT2D eigenvalue weighted by Gasteiger charge is 2.46. The number of carboxylic acids is 1. The van der Waals surface area contributed by atoms with Crippen LogP contribution >= 0.6 is 23.2 Å².